The molecule has 0 aliphatic heterocycles. The minimum absolute atomic E-state index is 0.321. The van der Waals surface area contributed by atoms with Crippen LogP contribution in [0.4, 0.5) is 0 Å². The Morgan fingerprint density at radius 1 is 0.960 bits per heavy atom. The van der Waals surface area contributed by atoms with Gasteiger partial charge in [0.15, 0.2) is 0 Å². The van der Waals surface area contributed by atoms with E-state index >= 15 is 0 Å². The van der Waals surface area contributed by atoms with Crippen LogP contribution >= 0.6 is 0 Å². The number of nitrogens with zero attached hydrogens (tertiary/aromatic N) is 2. The van der Waals surface area contributed by atoms with E-state index in [9.17, 15) is 4.79 Å². The molecular weight excluding hydrogens is 316 g/mol. The van der Waals surface area contributed by atoms with E-state index in [2.05, 4.69) is 9.97 Å². The van der Waals surface area contributed by atoms with Crippen molar-refractivity contribution >= 4 is 17.0 Å². The maximum atomic E-state index is 12.2. The van der Waals surface area contributed by atoms with Gasteiger partial charge in [-0.05, 0) is 49.7 Å². The van der Waals surface area contributed by atoms with Crippen LogP contribution in [0, 0.1) is 13.8 Å². The Hall–Kier alpha value is -2.95. The van der Waals surface area contributed by atoms with Crippen LogP contribution in [0.1, 0.15) is 27.3 Å². The predicted molar refractivity (Wildman–Crippen MR) is 96.0 cm³/mol. The second kappa shape index (κ2) is 7.30. The number of carbonyl (C=O) groups excluding carboxylic acids is 1. The topological polar surface area (TPSA) is 61.3 Å². The number of carbonyl (C=O) groups is 1. The number of esters is 1. The minimum atomic E-state index is -0.351. The molecule has 5 nitrogen and oxygen atoms in total. The molecule has 0 aliphatic carbocycles. The van der Waals surface area contributed by atoms with Crippen molar-refractivity contribution in [2.75, 3.05) is 13.7 Å². The van der Waals surface area contributed by atoms with Gasteiger partial charge in [-0.2, -0.15) is 0 Å². The van der Waals surface area contributed by atoms with Gasteiger partial charge < -0.3 is 9.47 Å². The fourth-order valence-corrected chi connectivity index (χ4v) is 2.49. The molecule has 25 heavy (non-hydrogen) atoms. The number of aromatic nitrogens is 2. The van der Waals surface area contributed by atoms with Gasteiger partial charge in [0.05, 0.1) is 41.7 Å². The van der Waals surface area contributed by atoms with Crippen molar-refractivity contribution in [3.05, 3.63) is 65.0 Å². The third-order valence-electron chi connectivity index (χ3n) is 4.09. The zero-order chi connectivity index (χ0) is 17.8. The van der Waals surface area contributed by atoms with Gasteiger partial charge in [-0.15, -0.1) is 0 Å². The van der Waals surface area contributed by atoms with Crippen LogP contribution in [-0.2, 0) is 11.2 Å². The normalized spacial score (nSPS) is 10.7. The molecule has 0 spiro atoms. The Morgan fingerprint density at radius 2 is 1.64 bits per heavy atom. The van der Waals surface area contributed by atoms with Crippen molar-refractivity contribution in [2.45, 2.75) is 20.3 Å². The first kappa shape index (κ1) is 16.9. The van der Waals surface area contributed by atoms with Crippen LogP contribution in [-0.4, -0.2) is 29.7 Å². The molecule has 0 amide bonds. The predicted octanol–water partition coefficient (Wildman–Crippen LogP) is 3.65. The van der Waals surface area contributed by atoms with Gasteiger partial charge in [-0.3, -0.25) is 0 Å². The fraction of sp³-hybridized carbons (Fsp3) is 0.250. The molecule has 0 saturated carbocycles. The summed E-state index contributed by atoms with van der Waals surface area (Å²) in [4.78, 5) is 21.2. The first-order valence-corrected chi connectivity index (χ1v) is 8.12. The Bertz CT molecular complexity index is 905. The average molecular weight is 336 g/mol. The van der Waals surface area contributed by atoms with E-state index in [0.717, 1.165) is 28.2 Å². The molecule has 0 N–H and O–H groups in total. The van der Waals surface area contributed by atoms with Crippen LogP contribution in [0.5, 0.6) is 5.75 Å². The Balaban J connectivity index is 1.64. The standard InChI is InChI=1S/C20H20N2O3/c1-13-14(2)22-19-12-16(6-9-18(19)21-13)20(23)25-11-10-15-4-7-17(24-3)8-5-15/h4-9,12H,10-11H2,1-3H3. The highest BCUT2D eigenvalue weighted by Gasteiger charge is 2.10. The molecule has 2 aromatic carbocycles. The van der Waals surface area contributed by atoms with E-state index in [0.29, 0.717) is 24.1 Å². The maximum absolute atomic E-state index is 12.2. The van der Waals surface area contributed by atoms with E-state index in [1.165, 1.54) is 0 Å². The highest BCUT2D eigenvalue weighted by atomic mass is 16.5. The molecule has 1 aromatic heterocycles. The molecule has 0 unspecified atom stereocenters. The van der Waals surface area contributed by atoms with E-state index in [-0.39, 0.29) is 5.97 Å². The fourth-order valence-electron chi connectivity index (χ4n) is 2.49. The summed E-state index contributed by atoms with van der Waals surface area (Å²) in [5, 5.41) is 0. The van der Waals surface area contributed by atoms with E-state index in [1.54, 1.807) is 25.3 Å². The van der Waals surface area contributed by atoms with Crippen LogP contribution in [0.15, 0.2) is 42.5 Å². The summed E-state index contributed by atoms with van der Waals surface area (Å²) in [5.74, 6) is 0.457. The van der Waals surface area contributed by atoms with Crippen molar-refractivity contribution in [1.29, 1.82) is 0 Å². The summed E-state index contributed by atoms with van der Waals surface area (Å²) in [7, 11) is 1.63. The molecule has 128 valence electrons. The Kier molecular flexibility index (Phi) is 4.93. The highest BCUT2D eigenvalue weighted by Crippen LogP contribution is 2.16. The Labute approximate surface area is 146 Å². The largest absolute Gasteiger partial charge is 0.497 e. The van der Waals surface area contributed by atoms with E-state index in [1.807, 2.05) is 38.1 Å². The lowest BCUT2D eigenvalue weighted by Crippen LogP contribution is -2.08. The number of hydrogen-bond acceptors (Lipinski definition) is 5. The molecule has 3 rings (SSSR count). The molecule has 0 bridgehead atoms. The van der Waals surface area contributed by atoms with Crippen LogP contribution in [0.2, 0.25) is 0 Å². The quantitative estimate of drug-likeness (QED) is 0.666. The van der Waals surface area contributed by atoms with E-state index in [4.69, 9.17) is 9.47 Å². The third kappa shape index (κ3) is 3.94. The van der Waals surface area contributed by atoms with Crippen molar-refractivity contribution in [1.82, 2.24) is 9.97 Å². The zero-order valence-corrected chi connectivity index (χ0v) is 14.6. The van der Waals surface area contributed by atoms with Crippen molar-refractivity contribution in [3.63, 3.8) is 0 Å². The summed E-state index contributed by atoms with van der Waals surface area (Å²) in [6.45, 7) is 4.15. The van der Waals surface area contributed by atoms with Crippen LogP contribution in [0.25, 0.3) is 11.0 Å². The number of rotatable bonds is 5. The number of benzene rings is 2. The minimum Gasteiger partial charge on any atom is -0.497 e. The molecule has 5 heteroatoms. The van der Waals surface area contributed by atoms with Gasteiger partial charge in [0.2, 0.25) is 0 Å². The summed E-state index contributed by atoms with van der Waals surface area (Å²) < 4.78 is 10.5. The van der Waals surface area contributed by atoms with E-state index < -0.39 is 0 Å². The number of hydrogen-bond donors (Lipinski definition) is 0. The van der Waals surface area contributed by atoms with Crippen molar-refractivity contribution in [3.8, 4) is 5.75 Å². The number of fused-ring (bicyclic) bond motifs is 1. The smallest absolute Gasteiger partial charge is 0.338 e. The molecule has 0 saturated heterocycles. The average Bonchev–Trinajstić information content (AvgIpc) is 2.63. The molecule has 0 atom stereocenters. The Morgan fingerprint density at radius 3 is 2.32 bits per heavy atom. The summed E-state index contributed by atoms with van der Waals surface area (Å²) in [5.41, 5.74) is 4.80. The lowest BCUT2D eigenvalue weighted by molar-refractivity contribution is 0.0509. The third-order valence-corrected chi connectivity index (χ3v) is 4.09. The molecule has 0 aliphatic rings. The first-order valence-electron chi connectivity index (χ1n) is 8.12. The number of ether oxygens (including phenoxy) is 2. The van der Waals surface area contributed by atoms with Gasteiger partial charge >= 0.3 is 5.97 Å². The molecule has 1 heterocycles. The maximum Gasteiger partial charge on any atom is 0.338 e. The molecule has 0 fully saturated rings. The number of aryl methyl sites for hydroxylation is 2. The summed E-state index contributed by atoms with van der Waals surface area (Å²) >= 11 is 0. The first-order chi connectivity index (χ1) is 12.1. The summed E-state index contributed by atoms with van der Waals surface area (Å²) in [6.07, 6.45) is 0.654. The summed E-state index contributed by atoms with van der Waals surface area (Å²) in [6, 6.07) is 13.0. The van der Waals surface area contributed by atoms with Crippen LogP contribution in [0.3, 0.4) is 0 Å². The number of methoxy groups -OCH3 is 1. The molecule has 3 aromatic rings. The van der Waals surface area contributed by atoms with Crippen LogP contribution < -0.4 is 4.74 Å². The monoisotopic (exact) mass is 336 g/mol. The lowest BCUT2D eigenvalue weighted by atomic mass is 10.1. The van der Waals surface area contributed by atoms with Gasteiger partial charge in [-0.25, -0.2) is 14.8 Å². The van der Waals surface area contributed by atoms with Crippen molar-refractivity contribution < 1.29 is 14.3 Å². The second-order valence-electron chi connectivity index (χ2n) is 5.83. The van der Waals surface area contributed by atoms with Gasteiger partial charge in [0.1, 0.15) is 5.75 Å². The lowest BCUT2D eigenvalue weighted by Gasteiger charge is -2.07. The molecule has 0 radical (unpaired) electrons. The highest BCUT2D eigenvalue weighted by molar-refractivity contribution is 5.93. The SMILES string of the molecule is COc1ccc(CCOC(=O)c2ccc3nc(C)c(C)nc3c2)cc1. The molecular formula is C20H20N2O3. The van der Waals surface area contributed by atoms with Gasteiger partial charge in [0, 0.05) is 6.42 Å². The van der Waals surface area contributed by atoms with Gasteiger partial charge in [-0.1, -0.05) is 12.1 Å². The van der Waals surface area contributed by atoms with Gasteiger partial charge in [0.25, 0.3) is 0 Å². The second-order valence-corrected chi connectivity index (χ2v) is 5.83. The van der Waals surface area contributed by atoms with Crippen molar-refractivity contribution in [2.24, 2.45) is 0 Å². The zero-order valence-electron chi connectivity index (χ0n) is 14.6.